The summed E-state index contributed by atoms with van der Waals surface area (Å²) in [4.78, 5) is 16.8. The highest BCUT2D eigenvalue weighted by molar-refractivity contribution is 5.92. The van der Waals surface area contributed by atoms with Crippen LogP contribution < -0.4 is 5.32 Å². The normalized spacial score (nSPS) is 16.9. The molecule has 8 heteroatoms. The molecule has 8 nitrogen and oxygen atoms in total. The van der Waals surface area contributed by atoms with Crippen LogP contribution in [-0.4, -0.2) is 37.8 Å². The standard InChI is InChI=1S/C14H16N6O2/c1-3-8-22-13(21)11-9(2)16-14-17-18-19-20(14)12(11)10-6-4-5-7-15-10/h4-7,12H,3,8H2,1-2H3,(H,16,17,19). The number of fused-ring (bicyclic) bond motifs is 1. The van der Waals surface area contributed by atoms with Crippen molar-refractivity contribution in [1.29, 1.82) is 0 Å². The highest BCUT2D eigenvalue weighted by Crippen LogP contribution is 2.33. The largest absolute Gasteiger partial charge is 0.462 e. The van der Waals surface area contributed by atoms with Gasteiger partial charge in [0.15, 0.2) is 0 Å². The first-order valence-corrected chi connectivity index (χ1v) is 7.06. The topological polar surface area (TPSA) is 94.8 Å². The Morgan fingerprint density at radius 2 is 2.32 bits per heavy atom. The van der Waals surface area contributed by atoms with E-state index in [1.807, 2.05) is 25.1 Å². The van der Waals surface area contributed by atoms with Crippen molar-refractivity contribution in [2.24, 2.45) is 0 Å². The van der Waals surface area contributed by atoms with E-state index in [0.29, 0.717) is 29.5 Å². The molecule has 0 saturated heterocycles. The second-order valence-electron chi connectivity index (χ2n) is 4.90. The van der Waals surface area contributed by atoms with E-state index in [4.69, 9.17) is 4.74 Å². The molecule has 3 rings (SSSR count). The molecule has 1 atom stereocenters. The number of ether oxygens (including phenoxy) is 1. The molecular formula is C14H16N6O2. The summed E-state index contributed by atoms with van der Waals surface area (Å²) in [5.74, 6) is 0.0869. The molecule has 1 aliphatic heterocycles. The van der Waals surface area contributed by atoms with Crippen molar-refractivity contribution in [3.8, 4) is 0 Å². The average Bonchev–Trinajstić information content (AvgIpc) is 2.99. The maximum Gasteiger partial charge on any atom is 0.338 e. The predicted octanol–water partition coefficient (Wildman–Crippen LogP) is 1.31. The third-order valence-electron chi connectivity index (χ3n) is 3.34. The minimum absolute atomic E-state index is 0.368. The van der Waals surface area contributed by atoms with Gasteiger partial charge in [0, 0.05) is 11.9 Å². The van der Waals surface area contributed by atoms with Gasteiger partial charge in [-0.1, -0.05) is 18.1 Å². The Kier molecular flexibility index (Phi) is 3.82. The molecule has 3 heterocycles. The lowest BCUT2D eigenvalue weighted by Crippen LogP contribution is -2.30. The highest BCUT2D eigenvalue weighted by atomic mass is 16.5. The van der Waals surface area contributed by atoms with Crippen LogP contribution in [0, 0.1) is 0 Å². The number of rotatable bonds is 4. The number of pyridine rings is 1. The molecule has 0 bridgehead atoms. The Morgan fingerprint density at radius 3 is 3.05 bits per heavy atom. The molecule has 1 aliphatic rings. The number of allylic oxidation sites excluding steroid dienone is 1. The lowest BCUT2D eigenvalue weighted by atomic mass is 10.00. The number of anilines is 1. The number of hydrogen-bond donors (Lipinski definition) is 1. The lowest BCUT2D eigenvalue weighted by molar-refractivity contribution is -0.139. The van der Waals surface area contributed by atoms with Gasteiger partial charge in [0.05, 0.1) is 17.9 Å². The first kappa shape index (κ1) is 14.2. The fourth-order valence-corrected chi connectivity index (χ4v) is 2.36. The Morgan fingerprint density at radius 1 is 1.45 bits per heavy atom. The van der Waals surface area contributed by atoms with E-state index >= 15 is 0 Å². The molecule has 0 saturated carbocycles. The quantitative estimate of drug-likeness (QED) is 0.850. The van der Waals surface area contributed by atoms with Gasteiger partial charge in [-0.2, -0.15) is 4.68 Å². The van der Waals surface area contributed by atoms with Gasteiger partial charge in [-0.05, 0) is 35.9 Å². The second-order valence-corrected chi connectivity index (χ2v) is 4.90. The maximum absolute atomic E-state index is 12.5. The molecule has 0 aliphatic carbocycles. The van der Waals surface area contributed by atoms with Crippen LogP contribution in [0.3, 0.4) is 0 Å². The van der Waals surface area contributed by atoms with Crippen LogP contribution in [-0.2, 0) is 9.53 Å². The lowest BCUT2D eigenvalue weighted by Gasteiger charge is -2.26. The van der Waals surface area contributed by atoms with Crippen molar-refractivity contribution in [2.75, 3.05) is 11.9 Å². The van der Waals surface area contributed by atoms with Gasteiger partial charge < -0.3 is 10.1 Å². The van der Waals surface area contributed by atoms with Crippen molar-refractivity contribution in [3.05, 3.63) is 41.4 Å². The van der Waals surface area contributed by atoms with E-state index in [1.165, 1.54) is 4.68 Å². The molecule has 114 valence electrons. The Bertz CT molecular complexity index is 709. The minimum Gasteiger partial charge on any atom is -0.462 e. The van der Waals surface area contributed by atoms with Crippen LogP contribution >= 0.6 is 0 Å². The number of carbonyl (C=O) groups is 1. The SMILES string of the molecule is CCCOC(=O)C1=C(C)Nc2nnnn2C1c1ccccn1. The van der Waals surface area contributed by atoms with Gasteiger partial charge >= 0.3 is 5.97 Å². The van der Waals surface area contributed by atoms with E-state index in [-0.39, 0.29) is 5.97 Å². The summed E-state index contributed by atoms with van der Waals surface area (Å²) in [5, 5.41) is 14.6. The number of aromatic nitrogens is 5. The molecule has 22 heavy (non-hydrogen) atoms. The molecule has 2 aromatic rings. The van der Waals surface area contributed by atoms with E-state index in [1.54, 1.807) is 13.1 Å². The Labute approximate surface area is 127 Å². The monoisotopic (exact) mass is 300 g/mol. The highest BCUT2D eigenvalue weighted by Gasteiger charge is 2.35. The fourth-order valence-electron chi connectivity index (χ4n) is 2.36. The molecule has 0 amide bonds. The summed E-state index contributed by atoms with van der Waals surface area (Å²) in [6, 6.07) is 5.01. The maximum atomic E-state index is 12.5. The summed E-state index contributed by atoms with van der Waals surface area (Å²) in [7, 11) is 0. The van der Waals surface area contributed by atoms with Crippen molar-refractivity contribution >= 4 is 11.9 Å². The molecular weight excluding hydrogens is 284 g/mol. The number of nitrogens with zero attached hydrogens (tertiary/aromatic N) is 5. The summed E-state index contributed by atoms with van der Waals surface area (Å²) >= 11 is 0. The average molecular weight is 300 g/mol. The van der Waals surface area contributed by atoms with Crippen LogP contribution in [0.25, 0.3) is 0 Å². The second kappa shape index (κ2) is 5.92. The third-order valence-corrected chi connectivity index (χ3v) is 3.34. The van der Waals surface area contributed by atoms with Crippen LogP contribution in [0.5, 0.6) is 0 Å². The Balaban J connectivity index is 2.06. The van der Waals surface area contributed by atoms with Crippen molar-refractivity contribution in [1.82, 2.24) is 25.2 Å². The predicted molar refractivity (Wildman–Crippen MR) is 77.8 cm³/mol. The fraction of sp³-hybridized carbons (Fsp3) is 0.357. The number of esters is 1. The van der Waals surface area contributed by atoms with Gasteiger partial charge in [0.1, 0.15) is 6.04 Å². The smallest absolute Gasteiger partial charge is 0.338 e. The molecule has 0 fully saturated rings. The van der Waals surface area contributed by atoms with Crippen LogP contribution in [0.1, 0.15) is 32.0 Å². The van der Waals surface area contributed by atoms with E-state index < -0.39 is 6.04 Å². The number of carbonyl (C=O) groups excluding carboxylic acids is 1. The Hall–Kier alpha value is -2.77. The van der Waals surface area contributed by atoms with Gasteiger partial charge in [-0.15, -0.1) is 0 Å². The first-order chi connectivity index (χ1) is 10.7. The zero-order valence-corrected chi connectivity index (χ0v) is 12.4. The van der Waals surface area contributed by atoms with Crippen LogP contribution in [0.15, 0.2) is 35.7 Å². The number of nitrogens with one attached hydrogen (secondary N) is 1. The third kappa shape index (κ3) is 2.43. The zero-order valence-electron chi connectivity index (χ0n) is 12.4. The van der Waals surface area contributed by atoms with Gasteiger partial charge in [0.25, 0.3) is 0 Å². The summed E-state index contributed by atoms with van der Waals surface area (Å²) in [5.41, 5.74) is 1.81. The van der Waals surface area contributed by atoms with Crippen LogP contribution in [0.2, 0.25) is 0 Å². The van der Waals surface area contributed by atoms with Crippen LogP contribution in [0.4, 0.5) is 5.95 Å². The minimum atomic E-state index is -0.503. The molecule has 1 N–H and O–H groups in total. The van der Waals surface area contributed by atoms with E-state index in [2.05, 4.69) is 25.8 Å². The molecule has 1 unspecified atom stereocenters. The van der Waals surface area contributed by atoms with Gasteiger partial charge in [-0.3, -0.25) is 4.98 Å². The molecule has 0 radical (unpaired) electrons. The van der Waals surface area contributed by atoms with E-state index in [0.717, 1.165) is 6.42 Å². The molecule has 0 spiro atoms. The first-order valence-electron chi connectivity index (χ1n) is 7.06. The number of hydrogen-bond acceptors (Lipinski definition) is 7. The van der Waals surface area contributed by atoms with Crippen molar-refractivity contribution in [3.63, 3.8) is 0 Å². The summed E-state index contributed by atoms with van der Waals surface area (Å²) in [6.07, 6.45) is 2.43. The number of tetrazole rings is 1. The summed E-state index contributed by atoms with van der Waals surface area (Å²) in [6.45, 7) is 4.12. The van der Waals surface area contributed by atoms with Crippen molar-refractivity contribution < 1.29 is 9.53 Å². The zero-order chi connectivity index (χ0) is 15.5. The molecule has 2 aromatic heterocycles. The van der Waals surface area contributed by atoms with Gasteiger partial charge in [-0.25, -0.2) is 4.79 Å². The van der Waals surface area contributed by atoms with E-state index in [9.17, 15) is 4.79 Å². The van der Waals surface area contributed by atoms with Crippen molar-refractivity contribution in [2.45, 2.75) is 26.3 Å². The molecule has 0 aromatic carbocycles. The summed E-state index contributed by atoms with van der Waals surface area (Å²) < 4.78 is 6.84. The van der Waals surface area contributed by atoms with Gasteiger partial charge in [0.2, 0.25) is 5.95 Å².